The molecule has 5 aromatic rings. The Labute approximate surface area is 150 Å². The second-order valence-electron chi connectivity index (χ2n) is 6.19. The van der Waals surface area contributed by atoms with Crippen molar-refractivity contribution >= 4 is 33.1 Å². The predicted molar refractivity (Wildman–Crippen MR) is 107 cm³/mol. The lowest BCUT2D eigenvalue weighted by molar-refractivity contribution is 1.01. The molecule has 3 aromatic carbocycles. The van der Waals surface area contributed by atoms with Crippen molar-refractivity contribution < 1.29 is 0 Å². The van der Waals surface area contributed by atoms with Gasteiger partial charge in [-0.2, -0.15) is 0 Å². The Morgan fingerprint density at radius 1 is 0.760 bits per heavy atom. The Hall–Kier alpha value is -2.91. The fourth-order valence-electron chi connectivity index (χ4n) is 3.71. The zero-order valence-electron chi connectivity index (χ0n) is 13.8. The molecule has 2 nitrogen and oxygen atoms in total. The lowest BCUT2D eigenvalue weighted by Crippen LogP contribution is -1.86. The van der Waals surface area contributed by atoms with Crippen molar-refractivity contribution in [2.45, 2.75) is 0 Å². The van der Waals surface area contributed by atoms with Gasteiger partial charge in [-0.1, -0.05) is 54.6 Å². The number of rotatable bonds is 2. The molecule has 0 aliphatic heterocycles. The highest BCUT2D eigenvalue weighted by atomic mass is 32.1. The fraction of sp³-hybridized carbons (Fsp3) is 0.0455. The highest BCUT2D eigenvalue weighted by Crippen LogP contribution is 2.41. The molecule has 5 rings (SSSR count). The molecule has 3 heteroatoms. The molecule has 2 heterocycles. The number of aryl methyl sites for hydroxylation is 1. The Balaban J connectivity index is 1.99. The third-order valence-corrected chi connectivity index (χ3v) is 5.65. The molecule has 0 saturated heterocycles. The molecule has 0 radical (unpaired) electrons. The van der Waals surface area contributed by atoms with Gasteiger partial charge in [0.1, 0.15) is 0 Å². The van der Waals surface area contributed by atoms with Crippen molar-refractivity contribution in [2.24, 2.45) is 7.05 Å². The van der Waals surface area contributed by atoms with Crippen LogP contribution in [0, 0.1) is 0 Å². The van der Waals surface area contributed by atoms with Crippen molar-refractivity contribution in [3.63, 3.8) is 0 Å². The molecule has 2 aromatic heterocycles. The summed E-state index contributed by atoms with van der Waals surface area (Å²) in [5.41, 5.74) is 8.20. The van der Waals surface area contributed by atoms with E-state index in [0.29, 0.717) is 0 Å². The standard InChI is InChI=1S/C22H16N2S/c1-24-18-11-5-9-16(15-7-3-2-4-8-15)21(18)22-17(10-6-12-19(22)24)20-13-23-14-25-20/h2-14H,1H3. The van der Waals surface area contributed by atoms with E-state index in [1.54, 1.807) is 11.3 Å². The van der Waals surface area contributed by atoms with Gasteiger partial charge in [0, 0.05) is 40.6 Å². The molecule has 0 aliphatic carbocycles. The summed E-state index contributed by atoms with van der Waals surface area (Å²) in [6.07, 6.45) is 1.96. The monoisotopic (exact) mass is 340 g/mol. The second kappa shape index (κ2) is 5.57. The summed E-state index contributed by atoms with van der Waals surface area (Å²) in [5.74, 6) is 0. The van der Waals surface area contributed by atoms with E-state index in [-0.39, 0.29) is 0 Å². The normalized spacial score (nSPS) is 11.4. The third-order valence-electron chi connectivity index (χ3n) is 4.84. The van der Waals surface area contributed by atoms with Crippen molar-refractivity contribution in [1.82, 2.24) is 9.55 Å². The molecule has 0 bridgehead atoms. The van der Waals surface area contributed by atoms with E-state index in [0.717, 1.165) is 0 Å². The Morgan fingerprint density at radius 3 is 2.12 bits per heavy atom. The topological polar surface area (TPSA) is 17.8 Å². The molecule has 25 heavy (non-hydrogen) atoms. The molecular weight excluding hydrogens is 324 g/mol. The minimum Gasteiger partial charge on any atom is -0.344 e. The van der Waals surface area contributed by atoms with E-state index in [1.165, 1.54) is 43.4 Å². The Kier molecular flexibility index (Phi) is 3.22. The number of nitrogens with zero attached hydrogens (tertiary/aromatic N) is 2. The third kappa shape index (κ3) is 2.13. The molecule has 0 spiro atoms. The van der Waals surface area contributed by atoms with Crippen molar-refractivity contribution in [1.29, 1.82) is 0 Å². The summed E-state index contributed by atoms with van der Waals surface area (Å²) in [5, 5.41) is 2.62. The molecule has 0 N–H and O–H groups in total. The van der Waals surface area contributed by atoms with Gasteiger partial charge in [-0.25, -0.2) is 0 Å². The summed E-state index contributed by atoms with van der Waals surface area (Å²) in [6, 6.07) is 23.8. The van der Waals surface area contributed by atoms with Crippen molar-refractivity contribution in [3.8, 4) is 21.6 Å². The average Bonchev–Trinajstić information content (AvgIpc) is 3.30. The van der Waals surface area contributed by atoms with Gasteiger partial charge < -0.3 is 4.57 Å². The maximum atomic E-state index is 4.28. The van der Waals surface area contributed by atoms with Crippen LogP contribution in [0.2, 0.25) is 0 Å². The highest BCUT2D eigenvalue weighted by molar-refractivity contribution is 7.13. The summed E-state index contributed by atoms with van der Waals surface area (Å²) in [4.78, 5) is 5.49. The van der Waals surface area contributed by atoms with E-state index in [4.69, 9.17) is 0 Å². The number of hydrogen-bond acceptors (Lipinski definition) is 2. The van der Waals surface area contributed by atoms with Crippen LogP contribution in [0.1, 0.15) is 0 Å². The SMILES string of the molecule is Cn1c2cccc(-c3ccccc3)c2c2c(-c3cncs3)cccc21. The highest BCUT2D eigenvalue weighted by Gasteiger charge is 2.16. The van der Waals surface area contributed by atoms with Crippen LogP contribution in [-0.4, -0.2) is 9.55 Å². The average molecular weight is 340 g/mol. The summed E-state index contributed by atoms with van der Waals surface area (Å²) in [7, 11) is 2.15. The smallest absolute Gasteiger partial charge is 0.0797 e. The number of hydrogen-bond donors (Lipinski definition) is 0. The first kappa shape index (κ1) is 14.4. The van der Waals surface area contributed by atoms with E-state index in [9.17, 15) is 0 Å². The van der Waals surface area contributed by atoms with Crippen molar-refractivity contribution in [3.05, 3.63) is 78.4 Å². The van der Waals surface area contributed by atoms with Gasteiger partial charge in [-0.3, -0.25) is 4.98 Å². The molecule has 0 atom stereocenters. The van der Waals surface area contributed by atoms with Gasteiger partial charge in [0.05, 0.1) is 10.4 Å². The van der Waals surface area contributed by atoms with Crippen LogP contribution < -0.4 is 0 Å². The lowest BCUT2D eigenvalue weighted by atomic mass is 9.97. The molecule has 0 aliphatic rings. The first-order valence-corrected chi connectivity index (χ1v) is 9.17. The van der Waals surface area contributed by atoms with Gasteiger partial charge in [-0.05, 0) is 23.3 Å². The zero-order valence-corrected chi connectivity index (χ0v) is 14.6. The van der Waals surface area contributed by atoms with Gasteiger partial charge in [0.2, 0.25) is 0 Å². The van der Waals surface area contributed by atoms with Crippen LogP contribution in [0.5, 0.6) is 0 Å². The number of fused-ring (bicyclic) bond motifs is 3. The van der Waals surface area contributed by atoms with E-state index in [2.05, 4.69) is 83.3 Å². The van der Waals surface area contributed by atoms with Crippen LogP contribution in [0.25, 0.3) is 43.4 Å². The van der Waals surface area contributed by atoms with Gasteiger partial charge >= 0.3 is 0 Å². The number of aromatic nitrogens is 2. The van der Waals surface area contributed by atoms with Crippen LogP contribution in [0.4, 0.5) is 0 Å². The molecule has 0 unspecified atom stereocenters. The summed E-state index contributed by atoms with van der Waals surface area (Å²) >= 11 is 1.69. The van der Waals surface area contributed by atoms with Crippen LogP contribution in [-0.2, 0) is 7.05 Å². The summed E-state index contributed by atoms with van der Waals surface area (Å²) < 4.78 is 2.29. The van der Waals surface area contributed by atoms with Crippen LogP contribution >= 0.6 is 11.3 Å². The molecule has 120 valence electrons. The maximum absolute atomic E-state index is 4.28. The van der Waals surface area contributed by atoms with Crippen molar-refractivity contribution in [2.75, 3.05) is 0 Å². The predicted octanol–water partition coefficient (Wildman–Crippen LogP) is 6.12. The molecular formula is C22H16N2S. The summed E-state index contributed by atoms with van der Waals surface area (Å²) in [6.45, 7) is 0. The minimum atomic E-state index is 1.21. The van der Waals surface area contributed by atoms with E-state index >= 15 is 0 Å². The first-order valence-electron chi connectivity index (χ1n) is 8.29. The second-order valence-corrected chi connectivity index (χ2v) is 7.08. The maximum Gasteiger partial charge on any atom is 0.0797 e. The Morgan fingerprint density at radius 2 is 1.44 bits per heavy atom. The molecule has 0 fully saturated rings. The first-order chi connectivity index (χ1) is 12.3. The van der Waals surface area contributed by atoms with E-state index < -0.39 is 0 Å². The van der Waals surface area contributed by atoms with Gasteiger partial charge in [-0.15, -0.1) is 11.3 Å². The molecule has 0 saturated carbocycles. The van der Waals surface area contributed by atoms with Crippen LogP contribution in [0.3, 0.4) is 0 Å². The Bertz CT molecular complexity index is 1190. The van der Waals surface area contributed by atoms with E-state index in [1.807, 2.05) is 11.7 Å². The van der Waals surface area contributed by atoms with Gasteiger partial charge in [0.25, 0.3) is 0 Å². The zero-order chi connectivity index (χ0) is 16.8. The minimum absolute atomic E-state index is 1.21. The number of benzene rings is 3. The fourth-order valence-corrected chi connectivity index (χ4v) is 4.36. The lowest BCUT2D eigenvalue weighted by Gasteiger charge is -2.06. The molecule has 0 amide bonds. The van der Waals surface area contributed by atoms with Gasteiger partial charge in [0.15, 0.2) is 0 Å². The largest absolute Gasteiger partial charge is 0.344 e. The quantitative estimate of drug-likeness (QED) is 0.378. The van der Waals surface area contributed by atoms with Crippen LogP contribution in [0.15, 0.2) is 78.4 Å². The number of thiazole rings is 1.